The zero-order valence-electron chi connectivity index (χ0n) is 12.7. The first kappa shape index (κ1) is 15.5. The Bertz CT molecular complexity index is 734. The van der Waals surface area contributed by atoms with Crippen LogP contribution in [0.2, 0.25) is 5.02 Å². The van der Waals surface area contributed by atoms with Crippen molar-refractivity contribution in [1.29, 1.82) is 0 Å². The molecular formula is C17H17ClN2O3. The zero-order chi connectivity index (χ0) is 16.2. The Morgan fingerprint density at radius 3 is 2.65 bits per heavy atom. The molecule has 0 bridgehead atoms. The molecule has 0 radical (unpaired) electrons. The number of nitrogens with one attached hydrogen (secondary N) is 2. The molecule has 0 aromatic heterocycles. The Hall–Kier alpha value is -2.40. The Morgan fingerprint density at radius 1 is 1.17 bits per heavy atom. The number of benzene rings is 2. The Balaban J connectivity index is 1.63. The lowest BCUT2D eigenvalue weighted by Gasteiger charge is -2.20. The fourth-order valence-corrected chi connectivity index (χ4v) is 2.49. The molecule has 5 nitrogen and oxygen atoms in total. The van der Waals surface area contributed by atoms with Gasteiger partial charge in [0.2, 0.25) is 5.91 Å². The van der Waals surface area contributed by atoms with Crippen LogP contribution in [0.25, 0.3) is 0 Å². The van der Waals surface area contributed by atoms with Crippen LogP contribution < -0.4 is 20.1 Å². The summed E-state index contributed by atoms with van der Waals surface area (Å²) < 4.78 is 10.9. The van der Waals surface area contributed by atoms with E-state index in [4.69, 9.17) is 21.1 Å². The average molecular weight is 333 g/mol. The number of fused-ring (bicyclic) bond motifs is 1. The lowest BCUT2D eigenvalue weighted by molar-refractivity contribution is -0.114. The minimum Gasteiger partial charge on any atom is -0.486 e. The first-order valence-electron chi connectivity index (χ1n) is 7.31. The standard InChI is InChI=1S/C17H17ClN2O3/c1-11-3-2-4-12(7-11)19-10-17(21)20-14-9-16-15(8-13(14)18)22-5-6-23-16/h2-4,7-9,19H,5-6,10H2,1H3,(H,20,21). The van der Waals surface area contributed by atoms with Crippen molar-refractivity contribution in [3.63, 3.8) is 0 Å². The molecule has 1 heterocycles. The highest BCUT2D eigenvalue weighted by atomic mass is 35.5. The Labute approximate surface area is 139 Å². The Kier molecular flexibility index (Phi) is 4.57. The lowest BCUT2D eigenvalue weighted by atomic mass is 10.2. The van der Waals surface area contributed by atoms with Gasteiger partial charge in [0.1, 0.15) is 13.2 Å². The van der Waals surface area contributed by atoms with Crippen molar-refractivity contribution in [2.45, 2.75) is 6.92 Å². The van der Waals surface area contributed by atoms with Crippen LogP contribution in [-0.2, 0) is 4.79 Å². The number of carbonyl (C=O) groups excluding carboxylic acids is 1. The van der Waals surface area contributed by atoms with Gasteiger partial charge >= 0.3 is 0 Å². The molecule has 2 aromatic carbocycles. The van der Waals surface area contributed by atoms with E-state index in [0.717, 1.165) is 11.3 Å². The van der Waals surface area contributed by atoms with E-state index < -0.39 is 0 Å². The van der Waals surface area contributed by atoms with Crippen molar-refractivity contribution in [3.05, 3.63) is 47.0 Å². The SMILES string of the molecule is Cc1cccc(NCC(=O)Nc2cc3c(cc2Cl)OCCO3)c1. The van der Waals surface area contributed by atoms with E-state index in [0.29, 0.717) is 35.4 Å². The van der Waals surface area contributed by atoms with E-state index in [2.05, 4.69) is 10.6 Å². The Morgan fingerprint density at radius 2 is 1.91 bits per heavy atom. The number of anilines is 2. The van der Waals surface area contributed by atoms with Crippen LogP contribution in [0.4, 0.5) is 11.4 Å². The highest BCUT2D eigenvalue weighted by molar-refractivity contribution is 6.34. The summed E-state index contributed by atoms with van der Waals surface area (Å²) in [5, 5.41) is 6.27. The molecule has 0 spiro atoms. The minimum atomic E-state index is -0.190. The molecule has 0 unspecified atom stereocenters. The van der Waals surface area contributed by atoms with Crippen molar-refractivity contribution in [3.8, 4) is 11.5 Å². The number of amides is 1. The van der Waals surface area contributed by atoms with E-state index >= 15 is 0 Å². The summed E-state index contributed by atoms with van der Waals surface area (Å²) >= 11 is 6.17. The lowest BCUT2D eigenvalue weighted by Crippen LogP contribution is -2.22. The number of hydrogen-bond donors (Lipinski definition) is 2. The van der Waals surface area contributed by atoms with Gasteiger partial charge in [-0.25, -0.2) is 0 Å². The second-order valence-corrected chi connectivity index (χ2v) is 5.65. The number of rotatable bonds is 4. The molecule has 2 N–H and O–H groups in total. The van der Waals surface area contributed by atoms with Gasteiger partial charge in [-0.15, -0.1) is 0 Å². The first-order valence-corrected chi connectivity index (χ1v) is 7.69. The molecule has 0 aliphatic carbocycles. The maximum absolute atomic E-state index is 12.1. The third-order valence-electron chi connectivity index (χ3n) is 3.38. The highest BCUT2D eigenvalue weighted by Crippen LogP contribution is 2.37. The normalized spacial score (nSPS) is 12.6. The van der Waals surface area contributed by atoms with Crippen LogP contribution >= 0.6 is 11.6 Å². The third kappa shape index (κ3) is 3.87. The fourth-order valence-electron chi connectivity index (χ4n) is 2.29. The summed E-state index contributed by atoms with van der Waals surface area (Å²) in [7, 11) is 0. The quantitative estimate of drug-likeness (QED) is 0.900. The molecule has 120 valence electrons. The van der Waals surface area contributed by atoms with E-state index in [-0.39, 0.29) is 12.5 Å². The number of halogens is 1. The van der Waals surface area contributed by atoms with Gasteiger partial charge in [0.15, 0.2) is 11.5 Å². The molecule has 1 aliphatic heterocycles. The van der Waals surface area contributed by atoms with Crippen molar-refractivity contribution in [2.24, 2.45) is 0 Å². The van der Waals surface area contributed by atoms with Crippen LogP contribution in [0.15, 0.2) is 36.4 Å². The smallest absolute Gasteiger partial charge is 0.243 e. The second kappa shape index (κ2) is 6.79. The zero-order valence-corrected chi connectivity index (χ0v) is 13.4. The average Bonchev–Trinajstić information content (AvgIpc) is 2.54. The van der Waals surface area contributed by atoms with Gasteiger partial charge in [-0.1, -0.05) is 23.7 Å². The van der Waals surface area contributed by atoms with Crippen molar-refractivity contribution in [2.75, 3.05) is 30.4 Å². The summed E-state index contributed by atoms with van der Waals surface area (Å²) in [6.45, 7) is 3.13. The first-order chi connectivity index (χ1) is 11.1. The summed E-state index contributed by atoms with van der Waals surface area (Å²) in [6, 6.07) is 11.2. The molecule has 1 amide bonds. The molecule has 23 heavy (non-hydrogen) atoms. The van der Waals surface area contributed by atoms with Gasteiger partial charge in [-0.05, 0) is 24.6 Å². The van der Waals surface area contributed by atoms with Crippen LogP contribution in [-0.4, -0.2) is 25.7 Å². The number of ether oxygens (including phenoxy) is 2. The fraction of sp³-hybridized carbons (Fsp3) is 0.235. The second-order valence-electron chi connectivity index (χ2n) is 5.25. The van der Waals surface area contributed by atoms with Gasteiger partial charge < -0.3 is 20.1 Å². The van der Waals surface area contributed by atoms with Crippen LogP contribution in [0.1, 0.15) is 5.56 Å². The molecule has 0 saturated heterocycles. The monoisotopic (exact) mass is 332 g/mol. The molecule has 0 fully saturated rings. The maximum atomic E-state index is 12.1. The van der Waals surface area contributed by atoms with E-state index in [1.807, 2.05) is 31.2 Å². The molecule has 0 saturated carbocycles. The van der Waals surface area contributed by atoms with Gasteiger partial charge in [0, 0.05) is 17.8 Å². The number of aryl methyl sites for hydroxylation is 1. The van der Waals surface area contributed by atoms with Crippen LogP contribution in [0.5, 0.6) is 11.5 Å². The van der Waals surface area contributed by atoms with E-state index in [9.17, 15) is 4.79 Å². The molecule has 1 aliphatic rings. The summed E-state index contributed by atoms with van der Waals surface area (Å²) in [4.78, 5) is 12.1. The highest BCUT2D eigenvalue weighted by Gasteiger charge is 2.16. The van der Waals surface area contributed by atoms with E-state index in [1.165, 1.54) is 0 Å². The third-order valence-corrected chi connectivity index (χ3v) is 3.69. The van der Waals surface area contributed by atoms with Crippen molar-refractivity contribution < 1.29 is 14.3 Å². The topological polar surface area (TPSA) is 59.6 Å². The maximum Gasteiger partial charge on any atom is 0.243 e. The summed E-state index contributed by atoms with van der Waals surface area (Å²) in [6.07, 6.45) is 0. The van der Waals surface area contributed by atoms with Crippen molar-refractivity contribution in [1.82, 2.24) is 0 Å². The molecule has 2 aromatic rings. The van der Waals surface area contributed by atoms with E-state index in [1.54, 1.807) is 12.1 Å². The summed E-state index contributed by atoms with van der Waals surface area (Å²) in [5.41, 5.74) is 2.53. The molecular weight excluding hydrogens is 316 g/mol. The van der Waals surface area contributed by atoms with Crippen LogP contribution in [0, 0.1) is 6.92 Å². The minimum absolute atomic E-state index is 0.147. The number of carbonyl (C=O) groups is 1. The predicted octanol–water partition coefficient (Wildman–Crippen LogP) is 3.47. The molecule has 0 atom stereocenters. The summed E-state index contributed by atoms with van der Waals surface area (Å²) in [5.74, 6) is 0.991. The van der Waals surface area contributed by atoms with Gasteiger partial charge in [-0.3, -0.25) is 4.79 Å². The van der Waals surface area contributed by atoms with Gasteiger partial charge in [0.05, 0.1) is 17.3 Å². The molecule has 6 heteroatoms. The van der Waals surface area contributed by atoms with Gasteiger partial charge in [0.25, 0.3) is 0 Å². The van der Waals surface area contributed by atoms with Gasteiger partial charge in [-0.2, -0.15) is 0 Å². The number of hydrogen-bond acceptors (Lipinski definition) is 4. The predicted molar refractivity (Wildman–Crippen MR) is 90.7 cm³/mol. The van der Waals surface area contributed by atoms with Crippen LogP contribution in [0.3, 0.4) is 0 Å². The molecule has 3 rings (SSSR count). The largest absolute Gasteiger partial charge is 0.486 e. The van der Waals surface area contributed by atoms with Crippen molar-refractivity contribution >= 4 is 28.9 Å².